The lowest BCUT2D eigenvalue weighted by Crippen LogP contribution is -2.25. The monoisotopic (exact) mass is 282 g/mol. The summed E-state index contributed by atoms with van der Waals surface area (Å²) < 4.78 is 0. The van der Waals surface area contributed by atoms with Crippen molar-refractivity contribution in [2.45, 2.75) is 46.7 Å². The number of nitrogens with zero attached hydrogens (tertiary/aromatic N) is 1. The maximum absolute atomic E-state index is 6.12. The normalized spacial score (nSPS) is 11.4. The van der Waals surface area contributed by atoms with Gasteiger partial charge in [0.15, 0.2) is 0 Å². The van der Waals surface area contributed by atoms with Gasteiger partial charge in [-0.3, -0.25) is 0 Å². The number of hydrogen-bond acceptors (Lipinski definition) is 2. The third-order valence-corrected chi connectivity index (χ3v) is 3.43. The molecule has 1 aromatic carbocycles. The Bertz CT molecular complexity index is 388. The summed E-state index contributed by atoms with van der Waals surface area (Å²) in [5.74, 6) is 0.729. The molecule has 0 aliphatic rings. The SMILES string of the molecule is CC(C)CCN(C)c1ccc(Cl)cc1CNC(C)C. The standard InChI is InChI=1S/C16H27ClN2/c1-12(2)8-9-19(5)16-7-6-15(17)10-14(16)11-18-13(3)4/h6-7,10,12-13,18H,8-9,11H2,1-5H3. The second-order valence-electron chi connectivity index (χ2n) is 5.91. The summed E-state index contributed by atoms with van der Waals surface area (Å²) in [7, 11) is 2.16. The van der Waals surface area contributed by atoms with Gasteiger partial charge in [0, 0.05) is 36.9 Å². The van der Waals surface area contributed by atoms with Crippen LogP contribution in [-0.2, 0) is 6.54 Å². The first-order chi connectivity index (χ1) is 8.90. The Balaban J connectivity index is 2.79. The smallest absolute Gasteiger partial charge is 0.0410 e. The third kappa shape index (κ3) is 5.84. The van der Waals surface area contributed by atoms with Crippen LogP contribution in [0.15, 0.2) is 18.2 Å². The Hall–Kier alpha value is -0.730. The molecular formula is C16H27ClN2. The van der Waals surface area contributed by atoms with Gasteiger partial charge in [0.05, 0.1) is 0 Å². The second-order valence-corrected chi connectivity index (χ2v) is 6.35. The topological polar surface area (TPSA) is 15.3 Å². The summed E-state index contributed by atoms with van der Waals surface area (Å²) in [6.45, 7) is 10.8. The van der Waals surface area contributed by atoms with Crippen LogP contribution in [-0.4, -0.2) is 19.6 Å². The minimum Gasteiger partial charge on any atom is -0.374 e. The lowest BCUT2D eigenvalue weighted by molar-refractivity contribution is 0.577. The number of nitrogens with one attached hydrogen (secondary N) is 1. The fourth-order valence-corrected chi connectivity index (χ4v) is 2.15. The minimum absolute atomic E-state index is 0.479. The van der Waals surface area contributed by atoms with E-state index in [1.807, 2.05) is 6.07 Å². The molecule has 1 N–H and O–H groups in total. The van der Waals surface area contributed by atoms with E-state index in [0.29, 0.717) is 6.04 Å². The van der Waals surface area contributed by atoms with Crippen molar-refractivity contribution in [3.63, 3.8) is 0 Å². The predicted molar refractivity (Wildman–Crippen MR) is 86.2 cm³/mol. The first-order valence-electron chi connectivity index (χ1n) is 7.13. The molecule has 0 bridgehead atoms. The number of rotatable bonds is 7. The van der Waals surface area contributed by atoms with Gasteiger partial charge in [-0.1, -0.05) is 39.3 Å². The first-order valence-corrected chi connectivity index (χ1v) is 7.51. The lowest BCUT2D eigenvalue weighted by Gasteiger charge is -2.24. The van der Waals surface area contributed by atoms with E-state index >= 15 is 0 Å². The Kier molecular flexibility index (Phi) is 6.67. The first kappa shape index (κ1) is 16.3. The van der Waals surface area contributed by atoms with E-state index in [4.69, 9.17) is 11.6 Å². The molecule has 3 heteroatoms. The molecule has 1 rings (SSSR count). The highest BCUT2D eigenvalue weighted by atomic mass is 35.5. The zero-order valence-electron chi connectivity index (χ0n) is 12.8. The summed E-state index contributed by atoms with van der Waals surface area (Å²) in [6, 6.07) is 6.65. The van der Waals surface area contributed by atoms with Crippen molar-refractivity contribution >= 4 is 17.3 Å². The molecule has 0 atom stereocenters. The van der Waals surface area contributed by atoms with Crippen LogP contribution in [0, 0.1) is 5.92 Å². The molecular weight excluding hydrogens is 256 g/mol. The van der Waals surface area contributed by atoms with Crippen molar-refractivity contribution in [2.75, 3.05) is 18.5 Å². The van der Waals surface area contributed by atoms with Crippen molar-refractivity contribution in [3.05, 3.63) is 28.8 Å². The van der Waals surface area contributed by atoms with Crippen LogP contribution in [0.25, 0.3) is 0 Å². The van der Waals surface area contributed by atoms with Crippen LogP contribution in [0.4, 0.5) is 5.69 Å². The van der Waals surface area contributed by atoms with Gasteiger partial charge in [0.1, 0.15) is 0 Å². The van der Waals surface area contributed by atoms with Gasteiger partial charge >= 0.3 is 0 Å². The summed E-state index contributed by atoms with van der Waals surface area (Å²) in [4.78, 5) is 2.33. The number of hydrogen-bond donors (Lipinski definition) is 1. The molecule has 2 nitrogen and oxygen atoms in total. The molecule has 0 fully saturated rings. The zero-order chi connectivity index (χ0) is 14.4. The molecule has 0 radical (unpaired) electrons. The van der Waals surface area contributed by atoms with Crippen molar-refractivity contribution in [1.82, 2.24) is 5.32 Å². The molecule has 0 spiro atoms. The van der Waals surface area contributed by atoms with Crippen LogP contribution in [0.2, 0.25) is 5.02 Å². The van der Waals surface area contributed by atoms with Gasteiger partial charge in [-0.15, -0.1) is 0 Å². The van der Waals surface area contributed by atoms with Gasteiger partial charge in [-0.25, -0.2) is 0 Å². The molecule has 0 unspecified atom stereocenters. The van der Waals surface area contributed by atoms with Crippen molar-refractivity contribution in [3.8, 4) is 0 Å². The molecule has 108 valence electrons. The van der Waals surface area contributed by atoms with Gasteiger partial charge in [0.2, 0.25) is 0 Å². The average molecular weight is 283 g/mol. The quantitative estimate of drug-likeness (QED) is 0.801. The molecule has 0 saturated carbocycles. The highest BCUT2D eigenvalue weighted by molar-refractivity contribution is 6.30. The number of anilines is 1. The summed E-state index contributed by atoms with van der Waals surface area (Å²) in [6.07, 6.45) is 1.20. The van der Waals surface area contributed by atoms with Crippen LogP contribution >= 0.6 is 11.6 Å². The highest BCUT2D eigenvalue weighted by Crippen LogP contribution is 2.24. The largest absolute Gasteiger partial charge is 0.374 e. The Morgan fingerprint density at radius 3 is 2.47 bits per heavy atom. The van der Waals surface area contributed by atoms with E-state index in [9.17, 15) is 0 Å². The number of benzene rings is 1. The summed E-state index contributed by atoms with van der Waals surface area (Å²) >= 11 is 6.12. The van der Waals surface area contributed by atoms with E-state index in [0.717, 1.165) is 24.0 Å². The van der Waals surface area contributed by atoms with Crippen molar-refractivity contribution < 1.29 is 0 Å². The van der Waals surface area contributed by atoms with Gasteiger partial charge in [-0.05, 0) is 36.1 Å². The van der Waals surface area contributed by atoms with Crippen LogP contribution in [0.1, 0.15) is 39.7 Å². The molecule has 19 heavy (non-hydrogen) atoms. The maximum Gasteiger partial charge on any atom is 0.0410 e. The summed E-state index contributed by atoms with van der Waals surface area (Å²) in [5, 5.41) is 4.27. The van der Waals surface area contributed by atoms with Crippen LogP contribution in [0.5, 0.6) is 0 Å². The molecule has 0 aliphatic heterocycles. The van der Waals surface area contributed by atoms with Gasteiger partial charge in [-0.2, -0.15) is 0 Å². The number of halogens is 1. The third-order valence-electron chi connectivity index (χ3n) is 3.20. The molecule has 0 heterocycles. The zero-order valence-corrected chi connectivity index (χ0v) is 13.6. The average Bonchev–Trinajstić information content (AvgIpc) is 2.33. The minimum atomic E-state index is 0.479. The summed E-state index contributed by atoms with van der Waals surface area (Å²) in [5.41, 5.74) is 2.55. The molecule has 0 aromatic heterocycles. The van der Waals surface area contributed by atoms with Gasteiger partial charge < -0.3 is 10.2 Å². The van der Waals surface area contributed by atoms with Crippen LogP contribution < -0.4 is 10.2 Å². The highest BCUT2D eigenvalue weighted by Gasteiger charge is 2.09. The van der Waals surface area contributed by atoms with E-state index in [1.165, 1.54) is 17.7 Å². The van der Waals surface area contributed by atoms with Gasteiger partial charge in [0.25, 0.3) is 0 Å². The van der Waals surface area contributed by atoms with E-state index in [1.54, 1.807) is 0 Å². The maximum atomic E-state index is 6.12. The van der Waals surface area contributed by atoms with E-state index in [-0.39, 0.29) is 0 Å². The Morgan fingerprint density at radius 2 is 1.89 bits per heavy atom. The fraction of sp³-hybridized carbons (Fsp3) is 0.625. The second kappa shape index (κ2) is 7.76. The molecule has 1 aromatic rings. The van der Waals surface area contributed by atoms with E-state index in [2.05, 4.69) is 57.1 Å². The van der Waals surface area contributed by atoms with Crippen molar-refractivity contribution in [1.29, 1.82) is 0 Å². The lowest BCUT2D eigenvalue weighted by atomic mass is 10.1. The predicted octanol–water partition coefficient (Wildman–Crippen LogP) is 4.32. The Labute approximate surface area is 123 Å². The molecule has 0 aliphatic carbocycles. The Morgan fingerprint density at radius 1 is 1.21 bits per heavy atom. The fourth-order valence-electron chi connectivity index (χ4n) is 1.95. The van der Waals surface area contributed by atoms with Crippen LogP contribution in [0.3, 0.4) is 0 Å². The van der Waals surface area contributed by atoms with Crippen molar-refractivity contribution in [2.24, 2.45) is 5.92 Å². The molecule has 0 saturated heterocycles. The molecule has 0 amide bonds. The van der Waals surface area contributed by atoms with E-state index < -0.39 is 0 Å².